The van der Waals surface area contributed by atoms with Gasteiger partial charge in [0.1, 0.15) is 5.75 Å². The minimum absolute atomic E-state index is 0.511. The molecular formula is C14H17N5O. The summed E-state index contributed by atoms with van der Waals surface area (Å²) in [6, 6.07) is 5.78. The number of nitrogens with two attached hydrogens (primary N) is 1. The second-order valence-corrected chi connectivity index (χ2v) is 4.76. The van der Waals surface area contributed by atoms with Crippen molar-refractivity contribution in [3.63, 3.8) is 0 Å². The van der Waals surface area contributed by atoms with Crippen LogP contribution in [-0.2, 0) is 13.1 Å². The van der Waals surface area contributed by atoms with Crippen LogP contribution < -0.4 is 10.5 Å². The molecule has 0 saturated carbocycles. The minimum atomic E-state index is 0.511. The van der Waals surface area contributed by atoms with Crippen molar-refractivity contribution < 1.29 is 4.74 Å². The van der Waals surface area contributed by atoms with Crippen LogP contribution in [0.25, 0.3) is 11.0 Å². The van der Waals surface area contributed by atoms with Crippen LogP contribution in [0.5, 0.6) is 5.75 Å². The highest BCUT2D eigenvalue weighted by atomic mass is 16.5. The fourth-order valence-corrected chi connectivity index (χ4v) is 2.28. The molecule has 0 aliphatic carbocycles. The van der Waals surface area contributed by atoms with E-state index in [2.05, 4.69) is 10.1 Å². The smallest absolute Gasteiger partial charge is 0.201 e. The van der Waals surface area contributed by atoms with Gasteiger partial charge in [0, 0.05) is 18.8 Å². The summed E-state index contributed by atoms with van der Waals surface area (Å²) in [5.74, 6) is 1.29. The van der Waals surface area contributed by atoms with Crippen molar-refractivity contribution in [2.24, 2.45) is 0 Å². The normalized spacial score (nSPS) is 11.1. The quantitative estimate of drug-likeness (QED) is 0.786. The maximum Gasteiger partial charge on any atom is 0.201 e. The van der Waals surface area contributed by atoms with E-state index in [9.17, 15) is 0 Å². The van der Waals surface area contributed by atoms with Gasteiger partial charge in [-0.2, -0.15) is 5.10 Å². The van der Waals surface area contributed by atoms with E-state index in [1.54, 1.807) is 7.11 Å². The highest BCUT2D eigenvalue weighted by Gasteiger charge is 2.09. The Morgan fingerprint density at radius 3 is 2.85 bits per heavy atom. The van der Waals surface area contributed by atoms with Gasteiger partial charge in [0.15, 0.2) is 0 Å². The number of aryl methyl sites for hydroxylation is 3. The summed E-state index contributed by atoms with van der Waals surface area (Å²) in [6.45, 7) is 3.52. The largest absolute Gasteiger partial charge is 0.497 e. The zero-order valence-electron chi connectivity index (χ0n) is 11.6. The Kier molecular flexibility index (Phi) is 3.06. The maximum absolute atomic E-state index is 6.00. The summed E-state index contributed by atoms with van der Waals surface area (Å²) >= 11 is 0. The first-order valence-corrected chi connectivity index (χ1v) is 6.46. The summed E-state index contributed by atoms with van der Waals surface area (Å²) in [5.41, 5.74) is 9.00. The van der Waals surface area contributed by atoms with Crippen molar-refractivity contribution >= 4 is 17.0 Å². The SMILES string of the molecule is COc1ccc2c(c1)nc(N)n2CCn1cc(C)cn1. The summed E-state index contributed by atoms with van der Waals surface area (Å²) in [7, 11) is 1.64. The summed E-state index contributed by atoms with van der Waals surface area (Å²) < 4.78 is 9.10. The van der Waals surface area contributed by atoms with Crippen LogP contribution in [0.15, 0.2) is 30.6 Å². The Bertz CT molecular complexity index is 743. The molecule has 0 bridgehead atoms. The second kappa shape index (κ2) is 4.88. The molecular weight excluding hydrogens is 254 g/mol. The van der Waals surface area contributed by atoms with Gasteiger partial charge in [-0.3, -0.25) is 4.68 Å². The van der Waals surface area contributed by atoms with E-state index < -0.39 is 0 Å². The van der Waals surface area contributed by atoms with Gasteiger partial charge in [-0.1, -0.05) is 0 Å². The first-order valence-electron chi connectivity index (χ1n) is 6.46. The molecule has 0 fully saturated rings. The molecule has 0 radical (unpaired) electrons. The third-order valence-corrected chi connectivity index (χ3v) is 3.30. The maximum atomic E-state index is 6.00. The van der Waals surface area contributed by atoms with Gasteiger partial charge in [-0.25, -0.2) is 4.98 Å². The number of nitrogen functional groups attached to an aromatic ring is 1. The minimum Gasteiger partial charge on any atom is -0.497 e. The van der Waals surface area contributed by atoms with E-state index in [1.165, 1.54) is 0 Å². The number of nitrogens with zero attached hydrogens (tertiary/aromatic N) is 4. The molecule has 3 aromatic rings. The summed E-state index contributed by atoms with van der Waals surface area (Å²) in [6.07, 6.45) is 3.86. The van der Waals surface area contributed by atoms with Crippen LogP contribution in [0.2, 0.25) is 0 Å². The summed E-state index contributed by atoms with van der Waals surface area (Å²) in [4.78, 5) is 4.37. The zero-order valence-corrected chi connectivity index (χ0v) is 11.6. The van der Waals surface area contributed by atoms with Crippen LogP contribution in [0, 0.1) is 6.92 Å². The van der Waals surface area contributed by atoms with E-state index in [-0.39, 0.29) is 0 Å². The van der Waals surface area contributed by atoms with E-state index in [0.29, 0.717) is 5.95 Å². The molecule has 3 rings (SSSR count). The lowest BCUT2D eigenvalue weighted by Gasteiger charge is -2.07. The van der Waals surface area contributed by atoms with E-state index in [4.69, 9.17) is 10.5 Å². The van der Waals surface area contributed by atoms with Crippen LogP contribution in [0.1, 0.15) is 5.56 Å². The monoisotopic (exact) mass is 271 g/mol. The van der Waals surface area contributed by atoms with Gasteiger partial charge in [-0.15, -0.1) is 0 Å². The van der Waals surface area contributed by atoms with Gasteiger partial charge in [0.05, 0.1) is 30.9 Å². The van der Waals surface area contributed by atoms with Gasteiger partial charge in [0.2, 0.25) is 5.95 Å². The Morgan fingerprint density at radius 2 is 2.15 bits per heavy atom. The Hall–Kier alpha value is -2.50. The van der Waals surface area contributed by atoms with Crippen molar-refractivity contribution in [2.45, 2.75) is 20.0 Å². The predicted octanol–water partition coefficient (Wildman–Crippen LogP) is 1.83. The molecule has 2 aromatic heterocycles. The standard InChI is InChI=1S/C14H17N5O/c1-10-8-16-18(9-10)5-6-19-13-4-3-11(20-2)7-12(13)17-14(19)15/h3-4,7-9H,5-6H2,1-2H3,(H2,15,17). The molecule has 6 heteroatoms. The molecule has 2 heterocycles. The van der Waals surface area contributed by atoms with Crippen molar-refractivity contribution in [2.75, 3.05) is 12.8 Å². The van der Waals surface area contributed by atoms with Gasteiger partial charge in [-0.05, 0) is 24.6 Å². The van der Waals surface area contributed by atoms with Gasteiger partial charge in [0.25, 0.3) is 0 Å². The van der Waals surface area contributed by atoms with Crippen molar-refractivity contribution in [3.05, 3.63) is 36.2 Å². The van der Waals surface area contributed by atoms with Crippen LogP contribution in [0.3, 0.4) is 0 Å². The zero-order chi connectivity index (χ0) is 14.1. The highest BCUT2D eigenvalue weighted by molar-refractivity contribution is 5.79. The molecule has 0 aliphatic rings. The van der Waals surface area contributed by atoms with Crippen LogP contribution in [0.4, 0.5) is 5.95 Å². The molecule has 104 valence electrons. The third-order valence-electron chi connectivity index (χ3n) is 3.30. The van der Waals surface area contributed by atoms with E-state index in [1.807, 2.05) is 46.8 Å². The molecule has 0 spiro atoms. The number of imidazole rings is 1. The average molecular weight is 271 g/mol. The number of aromatic nitrogens is 4. The number of methoxy groups -OCH3 is 1. The number of hydrogen-bond donors (Lipinski definition) is 1. The molecule has 2 N–H and O–H groups in total. The van der Waals surface area contributed by atoms with Gasteiger partial charge >= 0.3 is 0 Å². The first kappa shape index (κ1) is 12.5. The highest BCUT2D eigenvalue weighted by Crippen LogP contribution is 2.22. The molecule has 0 atom stereocenters. The number of fused-ring (bicyclic) bond motifs is 1. The number of ether oxygens (including phenoxy) is 1. The molecule has 0 amide bonds. The third kappa shape index (κ3) is 2.20. The number of hydrogen-bond acceptors (Lipinski definition) is 4. The Balaban J connectivity index is 1.89. The average Bonchev–Trinajstić information content (AvgIpc) is 2.98. The van der Waals surface area contributed by atoms with Crippen molar-refractivity contribution in [1.29, 1.82) is 0 Å². The second-order valence-electron chi connectivity index (χ2n) is 4.76. The fraction of sp³-hybridized carbons (Fsp3) is 0.286. The van der Waals surface area contributed by atoms with E-state index >= 15 is 0 Å². The van der Waals surface area contributed by atoms with E-state index in [0.717, 1.165) is 35.4 Å². The fourth-order valence-electron chi connectivity index (χ4n) is 2.28. The van der Waals surface area contributed by atoms with Crippen LogP contribution in [-0.4, -0.2) is 26.4 Å². The van der Waals surface area contributed by atoms with Crippen molar-refractivity contribution in [1.82, 2.24) is 19.3 Å². The Morgan fingerprint density at radius 1 is 1.30 bits per heavy atom. The predicted molar refractivity (Wildman–Crippen MR) is 77.7 cm³/mol. The molecule has 6 nitrogen and oxygen atoms in total. The van der Waals surface area contributed by atoms with Gasteiger partial charge < -0.3 is 15.0 Å². The number of anilines is 1. The lowest BCUT2D eigenvalue weighted by molar-refractivity contribution is 0.415. The Labute approximate surface area is 116 Å². The number of rotatable bonds is 4. The van der Waals surface area contributed by atoms with Crippen LogP contribution >= 0.6 is 0 Å². The molecule has 1 aromatic carbocycles. The topological polar surface area (TPSA) is 70.9 Å². The molecule has 0 aliphatic heterocycles. The number of benzene rings is 1. The molecule has 0 unspecified atom stereocenters. The lowest BCUT2D eigenvalue weighted by Crippen LogP contribution is -2.10. The first-order chi connectivity index (χ1) is 9.67. The summed E-state index contributed by atoms with van der Waals surface area (Å²) in [5, 5.41) is 4.27. The lowest BCUT2D eigenvalue weighted by atomic mass is 10.3. The molecule has 0 saturated heterocycles. The van der Waals surface area contributed by atoms with Crippen molar-refractivity contribution in [3.8, 4) is 5.75 Å². The molecule has 20 heavy (non-hydrogen) atoms.